The molecule has 0 aliphatic heterocycles. The van der Waals surface area contributed by atoms with Crippen LogP contribution in [-0.4, -0.2) is 21.9 Å². The smallest absolute Gasteiger partial charge is 0.315 e. The molecule has 5 heteroatoms. The van der Waals surface area contributed by atoms with E-state index in [4.69, 9.17) is 0 Å². The van der Waals surface area contributed by atoms with Crippen molar-refractivity contribution in [2.24, 2.45) is 0 Å². The monoisotopic (exact) mass is 278 g/mol. The van der Waals surface area contributed by atoms with Crippen LogP contribution in [0.1, 0.15) is 63.3 Å². The Balaban J connectivity index is 1.87. The van der Waals surface area contributed by atoms with Crippen LogP contribution in [0.25, 0.3) is 0 Å². The van der Waals surface area contributed by atoms with Crippen molar-refractivity contribution >= 4 is 6.03 Å². The first-order valence-electron chi connectivity index (χ1n) is 7.71. The molecule has 5 nitrogen and oxygen atoms in total. The van der Waals surface area contributed by atoms with Gasteiger partial charge in [-0.25, -0.2) is 4.79 Å². The number of nitrogens with one attached hydrogen (secondary N) is 2. The van der Waals surface area contributed by atoms with E-state index in [1.165, 1.54) is 19.3 Å². The number of carbonyl (C=O) groups is 1. The maximum absolute atomic E-state index is 12.0. The largest absolute Gasteiger partial charge is 0.335 e. The number of aryl methyl sites for hydroxylation is 2. The Labute approximate surface area is 121 Å². The van der Waals surface area contributed by atoms with Gasteiger partial charge in [0, 0.05) is 24.3 Å². The van der Waals surface area contributed by atoms with Gasteiger partial charge in [-0.05, 0) is 33.6 Å². The molecule has 1 fully saturated rings. The molecule has 1 aromatic heterocycles. The fourth-order valence-corrected chi connectivity index (χ4v) is 2.87. The molecule has 1 aromatic rings. The zero-order valence-corrected chi connectivity index (χ0v) is 12.8. The Morgan fingerprint density at radius 1 is 1.45 bits per heavy atom. The van der Waals surface area contributed by atoms with E-state index in [9.17, 15) is 4.79 Å². The highest BCUT2D eigenvalue weighted by Gasteiger charge is 2.18. The molecule has 0 aromatic carbocycles. The van der Waals surface area contributed by atoms with Gasteiger partial charge in [-0.2, -0.15) is 5.10 Å². The van der Waals surface area contributed by atoms with E-state index in [1.807, 2.05) is 24.7 Å². The molecular weight excluding hydrogens is 252 g/mol. The van der Waals surface area contributed by atoms with Crippen LogP contribution in [0.3, 0.4) is 0 Å². The number of amides is 2. The van der Waals surface area contributed by atoms with Gasteiger partial charge in [0.2, 0.25) is 0 Å². The van der Waals surface area contributed by atoms with E-state index < -0.39 is 0 Å². The molecule has 0 radical (unpaired) electrons. The van der Waals surface area contributed by atoms with Crippen molar-refractivity contribution in [1.29, 1.82) is 0 Å². The van der Waals surface area contributed by atoms with E-state index in [-0.39, 0.29) is 12.1 Å². The fourth-order valence-electron chi connectivity index (χ4n) is 2.87. The van der Waals surface area contributed by atoms with Crippen LogP contribution in [0, 0.1) is 6.92 Å². The molecule has 20 heavy (non-hydrogen) atoms. The summed E-state index contributed by atoms with van der Waals surface area (Å²) in [6, 6.07) is 0.266. The van der Waals surface area contributed by atoms with Crippen molar-refractivity contribution in [1.82, 2.24) is 20.4 Å². The van der Waals surface area contributed by atoms with E-state index >= 15 is 0 Å². The lowest BCUT2D eigenvalue weighted by atomic mass is 9.96. The molecule has 1 saturated carbocycles. The molecule has 1 atom stereocenters. The normalized spacial score (nSPS) is 17.8. The predicted octanol–water partition coefficient (Wildman–Crippen LogP) is 2.90. The SMILES string of the molecule is CCn1cc(C(C)NC(=O)NC2CCCCC2)c(C)n1. The average Bonchev–Trinajstić information content (AvgIpc) is 2.81. The summed E-state index contributed by atoms with van der Waals surface area (Å²) in [5.74, 6) is 0. The topological polar surface area (TPSA) is 59.0 Å². The molecule has 2 N–H and O–H groups in total. The van der Waals surface area contributed by atoms with E-state index in [1.54, 1.807) is 0 Å². The Morgan fingerprint density at radius 3 is 2.75 bits per heavy atom. The van der Waals surface area contributed by atoms with Gasteiger partial charge in [0.1, 0.15) is 0 Å². The summed E-state index contributed by atoms with van der Waals surface area (Å²) in [6.07, 6.45) is 7.97. The highest BCUT2D eigenvalue weighted by molar-refractivity contribution is 5.74. The van der Waals surface area contributed by atoms with Crippen LogP contribution >= 0.6 is 0 Å². The molecule has 1 aliphatic carbocycles. The predicted molar refractivity (Wildman–Crippen MR) is 79.6 cm³/mol. The second kappa shape index (κ2) is 6.77. The number of aromatic nitrogens is 2. The minimum atomic E-state index is -0.0620. The zero-order valence-electron chi connectivity index (χ0n) is 12.8. The van der Waals surface area contributed by atoms with Crippen molar-refractivity contribution in [2.75, 3.05) is 0 Å². The summed E-state index contributed by atoms with van der Waals surface area (Å²) in [6.45, 7) is 6.90. The Hall–Kier alpha value is -1.52. The number of urea groups is 1. The molecule has 1 aliphatic rings. The van der Waals surface area contributed by atoms with Gasteiger partial charge >= 0.3 is 6.03 Å². The minimum Gasteiger partial charge on any atom is -0.335 e. The van der Waals surface area contributed by atoms with E-state index in [2.05, 4.69) is 22.7 Å². The third-order valence-corrected chi connectivity index (χ3v) is 4.06. The van der Waals surface area contributed by atoms with Crippen LogP contribution in [0.4, 0.5) is 4.79 Å². The highest BCUT2D eigenvalue weighted by atomic mass is 16.2. The van der Waals surface area contributed by atoms with Crippen LogP contribution < -0.4 is 10.6 Å². The van der Waals surface area contributed by atoms with Gasteiger partial charge < -0.3 is 10.6 Å². The van der Waals surface area contributed by atoms with Crippen molar-refractivity contribution in [3.8, 4) is 0 Å². The minimum absolute atomic E-state index is 0.0149. The third-order valence-electron chi connectivity index (χ3n) is 4.06. The Morgan fingerprint density at radius 2 is 2.15 bits per heavy atom. The van der Waals surface area contributed by atoms with E-state index in [0.717, 1.165) is 30.6 Å². The summed E-state index contributed by atoms with van der Waals surface area (Å²) in [7, 11) is 0. The molecule has 1 heterocycles. The molecule has 1 unspecified atom stereocenters. The van der Waals surface area contributed by atoms with Crippen LogP contribution in [0.2, 0.25) is 0 Å². The van der Waals surface area contributed by atoms with E-state index in [0.29, 0.717) is 6.04 Å². The van der Waals surface area contributed by atoms with Gasteiger partial charge in [-0.15, -0.1) is 0 Å². The number of nitrogens with zero attached hydrogens (tertiary/aromatic N) is 2. The summed E-state index contributed by atoms with van der Waals surface area (Å²) in [5, 5.41) is 10.5. The standard InChI is InChI=1S/C15H26N4O/c1-4-19-10-14(12(3)18-19)11(2)16-15(20)17-13-8-6-5-7-9-13/h10-11,13H,4-9H2,1-3H3,(H2,16,17,20). The molecule has 0 spiro atoms. The highest BCUT2D eigenvalue weighted by Crippen LogP contribution is 2.18. The molecule has 2 rings (SSSR count). The molecule has 0 saturated heterocycles. The summed E-state index contributed by atoms with van der Waals surface area (Å²) < 4.78 is 1.90. The van der Waals surface area contributed by atoms with Crippen molar-refractivity contribution in [2.45, 2.75) is 71.5 Å². The number of hydrogen-bond donors (Lipinski definition) is 2. The van der Waals surface area contributed by atoms with Crippen LogP contribution in [-0.2, 0) is 6.54 Å². The first kappa shape index (κ1) is 14.9. The van der Waals surface area contributed by atoms with Crippen molar-refractivity contribution in [3.63, 3.8) is 0 Å². The number of rotatable bonds is 4. The summed E-state index contributed by atoms with van der Waals surface area (Å²) >= 11 is 0. The quantitative estimate of drug-likeness (QED) is 0.889. The Bertz CT molecular complexity index is 449. The zero-order chi connectivity index (χ0) is 14.5. The van der Waals surface area contributed by atoms with Gasteiger partial charge in [0.05, 0.1) is 11.7 Å². The third kappa shape index (κ3) is 3.74. The first-order valence-corrected chi connectivity index (χ1v) is 7.71. The molecule has 112 valence electrons. The van der Waals surface area contributed by atoms with Crippen molar-refractivity contribution in [3.05, 3.63) is 17.5 Å². The van der Waals surface area contributed by atoms with Gasteiger partial charge in [-0.1, -0.05) is 19.3 Å². The Kier molecular flexibility index (Phi) is 5.04. The lowest BCUT2D eigenvalue weighted by molar-refractivity contribution is 0.229. The molecular formula is C15H26N4O. The summed E-state index contributed by atoms with van der Waals surface area (Å²) in [4.78, 5) is 12.0. The average molecular weight is 278 g/mol. The lowest BCUT2D eigenvalue weighted by Crippen LogP contribution is -2.43. The maximum Gasteiger partial charge on any atom is 0.315 e. The van der Waals surface area contributed by atoms with Crippen LogP contribution in [0.5, 0.6) is 0 Å². The summed E-state index contributed by atoms with van der Waals surface area (Å²) in [5.41, 5.74) is 2.07. The number of carbonyl (C=O) groups excluding carboxylic acids is 1. The second-order valence-electron chi connectivity index (χ2n) is 5.70. The van der Waals surface area contributed by atoms with Gasteiger partial charge in [0.15, 0.2) is 0 Å². The molecule has 2 amide bonds. The maximum atomic E-state index is 12.0. The lowest BCUT2D eigenvalue weighted by Gasteiger charge is -2.24. The van der Waals surface area contributed by atoms with Gasteiger partial charge in [0.25, 0.3) is 0 Å². The fraction of sp³-hybridized carbons (Fsp3) is 0.733. The van der Waals surface area contributed by atoms with Crippen molar-refractivity contribution < 1.29 is 4.79 Å². The van der Waals surface area contributed by atoms with Crippen LogP contribution in [0.15, 0.2) is 6.20 Å². The first-order chi connectivity index (χ1) is 9.60. The number of hydrogen-bond acceptors (Lipinski definition) is 2. The molecule has 0 bridgehead atoms. The van der Waals surface area contributed by atoms with Gasteiger partial charge in [-0.3, -0.25) is 4.68 Å². The second-order valence-corrected chi connectivity index (χ2v) is 5.70.